The second-order valence-corrected chi connectivity index (χ2v) is 5.67. The molecule has 0 aliphatic carbocycles. The van der Waals surface area contributed by atoms with Gasteiger partial charge < -0.3 is 14.7 Å². The third-order valence-electron chi connectivity index (χ3n) is 4.09. The number of carbonyl (C=O) groups is 1. The SMILES string of the molecule is CC1(C(=O)O)CCN(CCCC2CCCO2)C1. The van der Waals surface area contributed by atoms with Crippen molar-refractivity contribution in [2.45, 2.75) is 45.1 Å². The van der Waals surface area contributed by atoms with Gasteiger partial charge in [0.15, 0.2) is 0 Å². The summed E-state index contributed by atoms with van der Waals surface area (Å²) >= 11 is 0. The van der Waals surface area contributed by atoms with Crippen LogP contribution < -0.4 is 0 Å². The second kappa shape index (κ2) is 5.36. The molecule has 2 fully saturated rings. The number of aliphatic carboxylic acids is 1. The molecule has 98 valence electrons. The lowest BCUT2D eigenvalue weighted by atomic mass is 9.90. The van der Waals surface area contributed by atoms with E-state index in [0.29, 0.717) is 12.6 Å². The lowest BCUT2D eigenvalue weighted by Crippen LogP contribution is -2.32. The molecule has 0 bridgehead atoms. The quantitative estimate of drug-likeness (QED) is 0.796. The van der Waals surface area contributed by atoms with Crippen LogP contribution in [0.15, 0.2) is 0 Å². The number of carboxylic acid groups (broad SMARTS) is 1. The fraction of sp³-hybridized carbons (Fsp3) is 0.923. The van der Waals surface area contributed by atoms with Crippen molar-refractivity contribution in [3.8, 4) is 0 Å². The van der Waals surface area contributed by atoms with E-state index in [1.54, 1.807) is 0 Å². The molecule has 2 atom stereocenters. The van der Waals surface area contributed by atoms with Gasteiger partial charge in [-0.2, -0.15) is 0 Å². The van der Waals surface area contributed by atoms with Crippen LogP contribution in [0.3, 0.4) is 0 Å². The van der Waals surface area contributed by atoms with E-state index in [1.807, 2.05) is 6.92 Å². The molecule has 0 amide bonds. The molecule has 1 N–H and O–H groups in total. The van der Waals surface area contributed by atoms with Crippen molar-refractivity contribution < 1.29 is 14.6 Å². The monoisotopic (exact) mass is 241 g/mol. The summed E-state index contributed by atoms with van der Waals surface area (Å²) in [5.74, 6) is -0.654. The summed E-state index contributed by atoms with van der Waals surface area (Å²) in [6.45, 7) is 5.42. The lowest BCUT2D eigenvalue weighted by Gasteiger charge is -2.20. The summed E-state index contributed by atoms with van der Waals surface area (Å²) in [4.78, 5) is 13.4. The summed E-state index contributed by atoms with van der Waals surface area (Å²) in [6.07, 6.45) is 5.89. The predicted molar refractivity (Wildman–Crippen MR) is 65.0 cm³/mol. The Morgan fingerprint density at radius 1 is 1.59 bits per heavy atom. The molecule has 4 nitrogen and oxygen atoms in total. The highest BCUT2D eigenvalue weighted by atomic mass is 16.5. The van der Waals surface area contributed by atoms with Crippen LogP contribution in [-0.2, 0) is 9.53 Å². The summed E-state index contributed by atoms with van der Waals surface area (Å²) in [5.41, 5.74) is -0.524. The Labute approximate surface area is 103 Å². The van der Waals surface area contributed by atoms with E-state index < -0.39 is 11.4 Å². The van der Waals surface area contributed by atoms with Crippen LogP contribution in [0.1, 0.15) is 39.0 Å². The number of carboxylic acids is 1. The van der Waals surface area contributed by atoms with E-state index in [9.17, 15) is 4.79 Å². The number of hydrogen-bond donors (Lipinski definition) is 1. The third-order valence-corrected chi connectivity index (χ3v) is 4.09. The Balaban J connectivity index is 1.66. The number of ether oxygens (including phenoxy) is 1. The second-order valence-electron chi connectivity index (χ2n) is 5.67. The molecule has 0 spiro atoms. The largest absolute Gasteiger partial charge is 0.481 e. The van der Waals surface area contributed by atoms with Crippen LogP contribution in [-0.4, -0.2) is 48.3 Å². The Morgan fingerprint density at radius 2 is 2.41 bits per heavy atom. The lowest BCUT2D eigenvalue weighted by molar-refractivity contribution is -0.147. The van der Waals surface area contributed by atoms with Gasteiger partial charge in [0.2, 0.25) is 0 Å². The van der Waals surface area contributed by atoms with Gasteiger partial charge in [0.25, 0.3) is 0 Å². The molecular weight excluding hydrogens is 218 g/mol. The minimum absolute atomic E-state index is 0.462. The topological polar surface area (TPSA) is 49.8 Å². The van der Waals surface area contributed by atoms with Gasteiger partial charge in [-0.15, -0.1) is 0 Å². The minimum Gasteiger partial charge on any atom is -0.481 e. The fourth-order valence-electron chi connectivity index (χ4n) is 2.84. The van der Waals surface area contributed by atoms with Crippen molar-refractivity contribution in [2.75, 3.05) is 26.2 Å². The van der Waals surface area contributed by atoms with E-state index >= 15 is 0 Å². The summed E-state index contributed by atoms with van der Waals surface area (Å²) in [5, 5.41) is 9.14. The average molecular weight is 241 g/mol. The Morgan fingerprint density at radius 3 is 3.00 bits per heavy atom. The molecule has 2 saturated heterocycles. The highest BCUT2D eigenvalue weighted by molar-refractivity contribution is 5.74. The molecule has 2 aliphatic rings. The van der Waals surface area contributed by atoms with Gasteiger partial charge in [0.05, 0.1) is 11.5 Å². The Kier molecular flexibility index (Phi) is 4.05. The first kappa shape index (κ1) is 12.8. The van der Waals surface area contributed by atoms with Crippen LogP contribution >= 0.6 is 0 Å². The fourth-order valence-corrected chi connectivity index (χ4v) is 2.84. The maximum absolute atomic E-state index is 11.1. The molecule has 0 saturated carbocycles. The predicted octanol–water partition coefficient (Wildman–Crippen LogP) is 1.74. The number of hydrogen-bond acceptors (Lipinski definition) is 3. The van der Waals surface area contributed by atoms with Crippen molar-refractivity contribution in [3.63, 3.8) is 0 Å². The molecule has 2 aliphatic heterocycles. The molecule has 17 heavy (non-hydrogen) atoms. The first-order valence-electron chi connectivity index (χ1n) is 6.67. The highest BCUT2D eigenvalue weighted by Gasteiger charge is 2.39. The van der Waals surface area contributed by atoms with Crippen molar-refractivity contribution >= 4 is 5.97 Å². The smallest absolute Gasteiger partial charge is 0.310 e. The molecule has 0 radical (unpaired) electrons. The van der Waals surface area contributed by atoms with E-state index in [-0.39, 0.29) is 0 Å². The molecule has 0 aromatic heterocycles. The van der Waals surface area contributed by atoms with Crippen molar-refractivity contribution in [2.24, 2.45) is 5.41 Å². The summed E-state index contributed by atoms with van der Waals surface area (Å²) in [7, 11) is 0. The number of likely N-dealkylation sites (tertiary alicyclic amines) is 1. The molecule has 2 heterocycles. The van der Waals surface area contributed by atoms with Crippen LogP contribution in [0, 0.1) is 5.41 Å². The number of nitrogens with zero attached hydrogens (tertiary/aromatic N) is 1. The molecule has 0 aromatic carbocycles. The summed E-state index contributed by atoms with van der Waals surface area (Å²) < 4.78 is 5.58. The van der Waals surface area contributed by atoms with E-state index in [4.69, 9.17) is 9.84 Å². The van der Waals surface area contributed by atoms with Gasteiger partial charge in [-0.3, -0.25) is 4.79 Å². The van der Waals surface area contributed by atoms with Crippen LogP contribution in [0.4, 0.5) is 0 Å². The maximum atomic E-state index is 11.1. The average Bonchev–Trinajstić information content (AvgIpc) is 2.89. The molecule has 2 rings (SSSR count). The normalized spacial score (nSPS) is 34.3. The minimum atomic E-state index is -0.654. The molecule has 0 aromatic rings. The standard InChI is InChI=1S/C13H23NO3/c1-13(12(15)16)6-8-14(10-13)7-2-4-11-5-3-9-17-11/h11H,2-10H2,1H3,(H,15,16). The van der Waals surface area contributed by atoms with Gasteiger partial charge in [0, 0.05) is 13.2 Å². The van der Waals surface area contributed by atoms with E-state index in [2.05, 4.69) is 4.90 Å². The molecule has 4 heteroatoms. The Bertz CT molecular complexity index is 276. The van der Waals surface area contributed by atoms with Crippen LogP contribution in [0.25, 0.3) is 0 Å². The van der Waals surface area contributed by atoms with Gasteiger partial charge in [0.1, 0.15) is 0 Å². The van der Waals surface area contributed by atoms with Gasteiger partial charge >= 0.3 is 5.97 Å². The number of rotatable bonds is 5. The van der Waals surface area contributed by atoms with Crippen molar-refractivity contribution in [1.29, 1.82) is 0 Å². The maximum Gasteiger partial charge on any atom is 0.310 e. The first-order valence-corrected chi connectivity index (χ1v) is 6.67. The van der Waals surface area contributed by atoms with Gasteiger partial charge in [-0.05, 0) is 52.1 Å². The first-order chi connectivity index (χ1) is 8.10. The highest BCUT2D eigenvalue weighted by Crippen LogP contribution is 2.30. The van der Waals surface area contributed by atoms with Crippen LogP contribution in [0.2, 0.25) is 0 Å². The summed E-state index contributed by atoms with van der Waals surface area (Å²) in [6, 6.07) is 0. The van der Waals surface area contributed by atoms with Crippen molar-refractivity contribution in [3.05, 3.63) is 0 Å². The Hall–Kier alpha value is -0.610. The molecular formula is C13H23NO3. The van der Waals surface area contributed by atoms with Gasteiger partial charge in [-0.1, -0.05) is 0 Å². The molecule has 2 unspecified atom stereocenters. The van der Waals surface area contributed by atoms with E-state index in [0.717, 1.165) is 39.0 Å². The zero-order valence-corrected chi connectivity index (χ0v) is 10.7. The van der Waals surface area contributed by atoms with Crippen LogP contribution in [0.5, 0.6) is 0 Å². The zero-order valence-electron chi connectivity index (χ0n) is 10.7. The van der Waals surface area contributed by atoms with Gasteiger partial charge in [-0.25, -0.2) is 0 Å². The van der Waals surface area contributed by atoms with Crippen molar-refractivity contribution in [1.82, 2.24) is 4.90 Å². The third kappa shape index (κ3) is 3.19. The zero-order chi connectivity index (χ0) is 12.3. The van der Waals surface area contributed by atoms with E-state index in [1.165, 1.54) is 12.8 Å².